The SMILES string of the molecule is COC(=O)CCCC(=O)N1CCC[C@@H]1c1ccccc1Cl. The first-order chi connectivity index (χ1) is 10.1. The molecule has 0 radical (unpaired) electrons. The maximum Gasteiger partial charge on any atom is 0.305 e. The first-order valence-electron chi connectivity index (χ1n) is 7.24. The molecule has 1 aromatic rings. The molecule has 5 heteroatoms. The molecule has 0 spiro atoms. The van der Waals surface area contributed by atoms with Crippen molar-refractivity contribution in [2.75, 3.05) is 13.7 Å². The van der Waals surface area contributed by atoms with Crippen molar-refractivity contribution in [2.24, 2.45) is 0 Å². The molecule has 0 aromatic heterocycles. The van der Waals surface area contributed by atoms with Gasteiger partial charge in [-0.25, -0.2) is 0 Å². The summed E-state index contributed by atoms with van der Waals surface area (Å²) in [6, 6.07) is 7.73. The first kappa shape index (κ1) is 15.8. The van der Waals surface area contributed by atoms with Gasteiger partial charge in [0.1, 0.15) is 0 Å². The summed E-state index contributed by atoms with van der Waals surface area (Å²) in [6.45, 7) is 0.757. The highest BCUT2D eigenvalue weighted by molar-refractivity contribution is 6.31. The van der Waals surface area contributed by atoms with E-state index < -0.39 is 0 Å². The Labute approximate surface area is 130 Å². The van der Waals surface area contributed by atoms with Gasteiger partial charge in [-0.1, -0.05) is 29.8 Å². The number of benzene rings is 1. The van der Waals surface area contributed by atoms with Crippen molar-refractivity contribution in [1.29, 1.82) is 0 Å². The molecule has 21 heavy (non-hydrogen) atoms. The molecular weight excluding hydrogens is 290 g/mol. The second-order valence-corrected chi connectivity index (χ2v) is 5.60. The largest absolute Gasteiger partial charge is 0.469 e. The second kappa shape index (κ2) is 7.46. The van der Waals surface area contributed by atoms with E-state index in [1.54, 1.807) is 0 Å². The molecule has 1 atom stereocenters. The normalized spacial score (nSPS) is 17.8. The second-order valence-electron chi connectivity index (χ2n) is 5.20. The predicted molar refractivity (Wildman–Crippen MR) is 81.0 cm³/mol. The lowest BCUT2D eigenvalue weighted by Crippen LogP contribution is -2.30. The summed E-state index contributed by atoms with van der Waals surface area (Å²) < 4.78 is 4.58. The maximum atomic E-state index is 12.3. The minimum absolute atomic E-state index is 0.0596. The number of hydrogen-bond acceptors (Lipinski definition) is 3. The van der Waals surface area contributed by atoms with E-state index in [9.17, 15) is 9.59 Å². The summed E-state index contributed by atoms with van der Waals surface area (Å²) in [5.74, 6) is -0.187. The molecule has 114 valence electrons. The summed E-state index contributed by atoms with van der Waals surface area (Å²) in [5.41, 5.74) is 1.01. The Morgan fingerprint density at radius 3 is 2.81 bits per heavy atom. The summed E-state index contributed by atoms with van der Waals surface area (Å²) in [6.07, 6.45) is 3.10. The van der Waals surface area contributed by atoms with Crippen LogP contribution in [0.3, 0.4) is 0 Å². The number of halogens is 1. The van der Waals surface area contributed by atoms with Gasteiger partial charge in [0.05, 0.1) is 13.2 Å². The molecule has 0 unspecified atom stereocenters. The van der Waals surface area contributed by atoms with Crippen LogP contribution in [0.2, 0.25) is 5.02 Å². The first-order valence-corrected chi connectivity index (χ1v) is 7.62. The molecule has 1 heterocycles. The van der Waals surface area contributed by atoms with E-state index in [0.717, 1.165) is 24.9 Å². The zero-order valence-electron chi connectivity index (χ0n) is 12.2. The van der Waals surface area contributed by atoms with Gasteiger partial charge in [0, 0.05) is 24.4 Å². The number of methoxy groups -OCH3 is 1. The van der Waals surface area contributed by atoms with E-state index in [0.29, 0.717) is 17.9 Å². The molecule has 0 aliphatic carbocycles. The quantitative estimate of drug-likeness (QED) is 0.784. The molecule has 4 nitrogen and oxygen atoms in total. The van der Waals surface area contributed by atoms with Gasteiger partial charge in [-0.3, -0.25) is 9.59 Å². The van der Waals surface area contributed by atoms with Gasteiger partial charge < -0.3 is 9.64 Å². The van der Waals surface area contributed by atoms with E-state index in [4.69, 9.17) is 11.6 Å². The van der Waals surface area contributed by atoms with Gasteiger partial charge in [0.25, 0.3) is 0 Å². The summed E-state index contributed by atoms with van der Waals surface area (Å²) >= 11 is 6.24. The van der Waals surface area contributed by atoms with Crippen molar-refractivity contribution >= 4 is 23.5 Å². The molecule has 1 fully saturated rings. The molecule has 0 bridgehead atoms. The molecule has 1 aromatic carbocycles. The van der Waals surface area contributed by atoms with E-state index in [2.05, 4.69) is 4.74 Å². The predicted octanol–water partition coefficient (Wildman–Crippen LogP) is 3.35. The van der Waals surface area contributed by atoms with Crippen LogP contribution in [0.25, 0.3) is 0 Å². The van der Waals surface area contributed by atoms with Gasteiger partial charge in [-0.2, -0.15) is 0 Å². The summed E-state index contributed by atoms with van der Waals surface area (Å²) in [7, 11) is 1.36. The van der Waals surface area contributed by atoms with Gasteiger partial charge in [0.2, 0.25) is 5.91 Å². The minimum atomic E-state index is -0.271. The number of likely N-dealkylation sites (tertiary alicyclic amines) is 1. The smallest absolute Gasteiger partial charge is 0.305 e. The number of ether oxygens (including phenoxy) is 1. The third-order valence-electron chi connectivity index (χ3n) is 3.84. The van der Waals surface area contributed by atoms with E-state index >= 15 is 0 Å². The van der Waals surface area contributed by atoms with Crippen LogP contribution in [0.5, 0.6) is 0 Å². The van der Waals surface area contributed by atoms with Crippen LogP contribution < -0.4 is 0 Å². The zero-order valence-corrected chi connectivity index (χ0v) is 12.9. The van der Waals surface area contributed by atoms with E-state index in [1.165, 1.54) is 7.11 Å². The highest BCUT2D eigenvalue weighted by atomic mass is 35.5. The van der Waals surface area contributed by atoms with Gasteiger partial charge in [0.15, 0.2) is 0 Å². The highest BCUT2D eigenvalue weighted by Crippen LogP contribution is 2.36. The number of carbonyl (C=O) groups excluding carboxylic acids is 2. The van der Waals surface area contributed by atoms with Crippen LogP contribution >= 0.6 is 11.6 Å². The Morgan fingerprint density at radius 1 is 1.33 bits per heavy atom. The third kappa shape index (κ3) is 3.97. The number of esters is 1. The molecular formula is C16H20ClNO3. The Balaban J connectivity index is 1.97. The van der Waals surface area contributed by atoms with E-state index in [1.807, 2.05) is 29.2 Å². The zero-order chi connectivity index (χ0) is 15.2. The van der Waals surface area contributed by atoms with Crippen LogP contribution in [0.15, 0.2) is 24.3 Å². The van der Waals surface area contributed by atoms with Crippen LogP contribution in [0.1, 0.15) is 43.7 Å². The lowest BCUT2D eigenvalue weighted by atomic mass is 10.0. The Hall–Kier alpha value is -1.55. The standard InChI is InChI=1S/C16H20ClNO3/c1-21-16(20)10-4-9-15(19)18-11-5-8-14(18)12-6-2-3-7-13(12)17/h2-3,6-7,14H,4-5,8-11H2,1H3/t14-/m1/s1. The Bertz CT molecular complexity index is 518. The summed E-state index contributed by atoms with van der Waals surface area (Å²) in [4.78, 5) is 25.3. The van der Waals surface area contributed by atoms with Crippen molar-refractivity contribution in [3.05, 3.63) is 34.9 Å². The van der Waals surface area contributed by atoms with Gasteiger partial charge >= 0.3 is 5.97 Å². The minimum Gasteiger partial charge on any atom is -0.469 e. The highest BCUT2D eigenvalue weighted by Gasteiger charge is 2.30. The molecule has 0 N–H and O–H groups in total. The Morgan fingerprint density at radius 2 is 2.10 bits per heavy atom. The molecule has 1 aliphatic rings. The Kier molecular flexibility index (Phi) is 5.62. The van der Waals surface area contributed by atoms with Crippen molar-refractivity contribution in [2.45, 2.75) is 38.1 Å². The van der Waals surface area contributed by atoms with Crippen molar-refractivity contribution in [3.63, 3.8) is 0 Å². The average molecular weight is 310 g/mol. The lowest BCUT2D eigenvalue weighted by molar-refractivity contribution is -0.140. The molecule has 1 saturated heterocycles. The van der Waals surface area contributed by atoms with Crippen LogP contribution in [0.4, 0.5) is 0 Å². The summed E-state index contributed by atoms with van der Waals surface area (Å²) in [5, 5.41) is 0.705. The van der Waals surface area contributed by atoms with Crippen molar-refractivity contribution in [3.8, 4) is 0 Å². The fraction of sp³-hybridized carbons (Fsp3) is 0.500. The number of nitrogens with zero attached hydrogens (tertiary/aromatic N) is 1. The fourth-order valence-electron chi connectivity index (χ4n) is 2.76. The third-order valence-corrected chi connectivity index (χ3v) is 4.18. The monoisotopic (exact) mass is 309 g/mol. The van der Waals surface area contributed by atoms with Crippen LogP contribution in [0, 0.1) is 0 Å². The number of rotatable bonds is 5. The van der Waals surface area contributed by atoms with Gasteiger partial charge in [-0.05, 0) is 30.9 Å². The van der Waals surface area contributed by atoms with E-state index in [-0.39, 0.29) is 24.3 Å². The molecule has 0 saturated carbocycles. The number of amides is 1. The lowest BCUT2D eigenvalue weighted by Gasteiger charge is -2.26. The molecule has 1 aliphatic heterocycles. The van der Waals surface area contributed by atoms with Crippen LogP contribution in [-0.4, -0.2) is 30.4 Å². The van der Waals surface area contributed by atoms with Gasteiger partial charge in [-0.15, -0.1) is 0 Å². The average Bonchev–Trinajstić information content (AvgIpc) is 2.96. The van der Waals surface area contributed by atoms with Crippen molar-refractivity contribution < 1.29 is 14.3 Å². The maximum absolute atomic E-state index is 12.3. The number of hydrogen-bond donors (Lipinski definition) is 0. The fourth-order valence-corrected chi connectivity index (χ4v) is 3.03. The number of carbonyl (C=O) groups is 2. The topological polar surface area (TPSA) is 46.6 Å². The van der Waals surface area contributed by atoms with Crippen molar-refractivity contribution in [1.82, 2.24) is 4.90 Å². The molecule has 2 rings (SSSR count). The molecule has 1 amide bonds. The van der Waals surface area contributed by atoms with Crippen LogP contribution in [-0.2, 0) is 14.3 Å².